The maximum absolute atomic E-state index is 13.2. The van der Waals surface area contributed by atoms with E-state index in [0.717, 1.165) is 21.3 Å². The molecule has 0 aliphatic carbocycles. The van der Waals surface area contributed by atoms with Crippen LogP contribution in [0.3, 0.4) is 0 Å². The molecule has 0 saturated carbocycles. The molecule has 2 aromatic heterocycles. The Morgan fingerprint density at radius 1 is 0.824 bits per heavy atom. The summed E-state index contributed by atoms with van der Waals surface area (Å²) in [5.74, 6) is -0.0605. The molecule has 0 aliphatic heterocycles. The van der Waals surface area contributed by atoms with Crippen molar-refractivity contribution in [2.75, 3.05) is 16.5 Å². The fourth-order valence-electron chi connectivity index (χ4n) is 3.60. The smallest absolute Gasteiger partial charge is 0.250 e. The van der Waals surface area contributed by atoms with Crippen molar-refractivity contribution in [3.05, 3.63) is 102 Å². The number of hydrogen-bond acceptors (Lipinski definition) is 8. The normalized spacial score (nSPS) is 10.9. The molecule has 0 radical (unpaired) electrons. The summed E-state index contributed by atoms with van der Waals surface area (Å²) >= 11 is 1.50. The third-order valence-electron chi connectivity index (χ3n) is 5.24. The van der Waals surface area contributed by atoms with Crippen molar-refractivity contribution in [3.8, 4) is 0 Å². The van der Waals surface area contributed by atoms with Gasteiger partial charge in [-0.25, -0.2) is 15.0 Å². The number of amides is 1. The van der Waals surface area contributed by atoms with E-state index >= 15 is 0 Å². The number of aromatic nitrogens is 3. The second-order valence-corrected chi connectivity index (χ2v) is 8.50. The number of benzene rings is 3. The predicted molar refractivity (Wildman–Crippen MR) is 136 cm³/mol. The number of anilines is 4. The number of hydrogen-bond donors (Lipinski definition) is 4. The van der Waals surface area contributed by atoms with Crippen molar-refractivity contribution < 1.29 is 4.79 Å². The fraction of sp³-hybridized carbons (Fsp3) is 0.0400. The molecule has 0 unspecified atom stereocenters. The summed E-state index contributed by atoms with van der Waals surface area (Å²) in [6.07, 6.45) is 1.37. The van der Waals surface area contributed by atoms with Crippen molar-refractivity contribution >= 4 is 49.9 Å². The number of nitrogen functional groups attached to an aromatic ring is 1. The molecule has 0 spiro atoms. The van der Waals surface area contributed by atoms with Crippen LogP contribution < -0.4 is 21.9 Å². The van der Waals surface area contributed by atoms with Gasteiger partial charge in [-0.3, -0.25) is 15.6 Å². The van der Waals surface area contributed by atoms with E-state index in [2.05, 4.69) is 31.1 Å². The van der Waals surface area contributed by atoms with Gasteiger partial charge in [0.25, 0.3) is 0 Å². The molecule has 5 aromatic rings. The summed E-state index contributed by atoms with van der Waals surface area (Å²) in [5.41, 5.74) is 14.8. The molecule has 34 heavy (non-hydrogen) atoms. The number of carbonyl (C=O) groups excluding carboxylic acids is 1. The maximum atomic E-state index is 13.2. The maximum Gasteiger partial charge on any atom is 0.250 e. The third kappa shape index (κ3) is 4.50. The van der Waals surface area contributed by atoms with Gasteiger partial charge in [-0.2, -0.15) is 0 Å². The molecule has 0 bridgehead atoms. The van der Waals surface area contributed by atoms with E-state index in [1.807, 2.05) is 84.9 Å². The molecule has 0 atom stereocenters. The summed E-state index contributed by atoms with van der Waals surface area (Å²) in [6, 6.07) is 27.0. The number of nitrogens with zero attached hydrogens (tertiary/aromatic N) is 3. The molecule has 0 saturated heterocycles. The summed E-state index contributed by atoms with van der Waals surface area (Å²) < 4.78 is 1.05. The lowest BCUT2D eigenvalue weighted by atomic mass is 9.91. The molecule has 0 aliphatic rings. The number of para-hydroxylation sites is 1. The molecule has 5 rings (SSSR count). The Balaban J connectivity index is 1.34. The Kier molecular flexibility index (Phi) is 6.00. The van der Waals surface area contributed by atoms with Gasteiger partial charge in [-0.1, -0.05) is 84.1 Å². The van der Waals surface area contributed by atoms with Crippen LogP contribution in [0.4, 0.5) is 22.5 Å². The Bertz CT molecular complexity index is 1350. The van der Waals surface area contributed by atoms with Crippen LogP contribution in [0.1, 0.15) is 17.0 Å². The first-order valence-corrected chi connectivity index (χ1v) is 11.4. The SMILES string of the molecule is Nc1c(NNC(=O)C(c2ccccc2)c2ccccc2)ncnc1Nc1nc2ccccc2s1. The average molecular weight is 468 g/mol. The molecular formula is C25H21N7OS. The average Bonchev–Trinajstić information content (AvgIpc) is 3.28. The lowest BCUT2D eigenvalue weighted by molar-refractivity contribution is -0.121. The molecule has 9 heteroatoms. The number of nitrogens with two attached hydrogens (primary N) is 1. The number of thiazole rings is 1. The molecule has 3 aromatic carbocycles. The molecule has 5 N–H and O–H groups in total. The van der Waals surface area contributed by atoms with E-state index in [-0.39, 0.29) is 17.4 Å². The highest BCUT2D eigenvalue weighted by Crippen LogP contribution is 2.31. The van der Waals surface area contributed by atoms with Crippen molar-refractivity contribution in [2.24, 2.45) is 0 Å². The van der Waals surface area contributed by atoms with Gasteiger partial charge in [0.15, 0.2) is 16.8 Å². The Labute approximate surface area is 199 Å². The fourth-order valence-corrected chi connectivity index (χ4v) is 4.47. The summed E-state index contributed by atoms with van der Waals surface area (Å²) in [4.78, 5) is 26.2. The Morgan fingerprint density at radius 3 is 2.12 bits per heavy atom. The zero-order valence-corrected chi connectivity index (χ0v) is 18.8. The van der Waals surface area contributed by atoms with Crippen LogP contribution in [0.25, 0.3) is 10.2 Å². The highest BCUT2D eigenvalue weighted by atomic mass is 32.1. The van der Waals surface area contributed by atoms with Crippen molar-refractivity contribution in [1.82, 2.24) is 20.4 Å². The molecule has 1 amide bonds. The predicted octanol–water partition coefficient (Wildman–Crippen LogP) is 4.69. The number of nitrogens with one attached hydrogen (secondary N) is 3. The molecule has 8 nitrogen and oxygen atoms in total. The van der Waals surface area contributed by atoms with Crippen molar-refractivity contribution in [2.45, 2.75) is 5.92 Å². The van der Waals surface area contributed by atoms with Gasteiger partial charge in [0.2, 0.25) is 5.91 Å². The second kappa shape index (κ2) is 9.55. The Hall–Kier alpha value is -4.50. The minimum Gasteiger partial charge on any atom is -0.393 e. The van der Waals surface area contributed by atoms with Crippen LogP contribution in [-0.2, 0) is 4.79 Å². The zero-order chi connectivity index (χ0) is 23.3. The first-order chi connectivity index (χ1) is 16.7. The number of rotatable bonds is 7. The van der Waals surface area contributed by atoms with E-state index in [0.29, 0.717) is 10.9 Å². The summed E-state index contributed by atoms with van der Waals surface area (Å²) in [6.45, 7) is 0. The van der Waals surface area contributed by atoms with Gasteiger partial charge in [0, 0.05) is 0 Å². The molecule has 2 heterocycles. The van der Waals surface area contributed by atoms with Crippen LogP contribution in [0, 0.1) is 0 Å². The van der Waals surface area contributed by atoms with E-state index in [4.69, 9.17) is 5.73 Å². The monoisotopic (exact) mass is 467 g/mol. The molecule has 168 valence electrons. The Morgan fingerprint density at radius 2 is 1.44 bits per heavy atom. The van der Waals surface area contributed by atoms with E-state index < -0.39 is 5.92 Å². The van der Waals surface area contributed by atoms with Crippen molar-refractivity contribution in [3.63, 3.8) is 0 Å². The quantitative estimate of drug-likeness (QED) is 0.257. The zero-order valence-electron chi connectivity index (χ0n) is 18.0. The van der Waals surface area contributed by atoms with Crippen LogP contribution in [0.2, 0.25) is 0 Å². The third-order valence-corrected chi connectivity index (χ3v) is 6.19. The second-order valence-electron chi connectivity index (χ2n) is 7.46. The van der Waals surface area contributed by atoms with Crippen LogP contribution in [0.5, 0.6) is 0 Å². The highest BCUT2D eigenvalue weighted by Gasteiger charge is 2.23. The van der Waals surface area contributed by atoms with E-state index in [9.17, 15) is 4.79 Å². The minimum atomic E-state index is -0.502. The van der Waals surface area contributed by atoms with Crippen LogP contribution in [-0.4, -0.2) is 20.9 Å². The highest BCUT2D eigenvalue weighted by molar-refractivity contribution is 7.22. The summed E-state index contributed by atoms with van der Waals surface area (Å²) in [7, 11) is 0. The minimum absolute atomic E-state index is 0.240. The largest absolute Gasteiger partial charge is 0.393 e. The summed E-state index contributed by atoms with van der Waals surface area (Å²) in [5, 5.41) is 3.80. The van der Waals surface area contributed by atoms with Crippen LogP contribution in [0.15, 0.2) is 91.3 Å². The molecule has 0 fully saturated rings. The first-order valence-electron chi connectivity index (χ1n) is 10.6. The van der Waals surface area contributed by atoms with Crippen LogP contribution >= 0.6 is 11.3 Å². The standard InChI is InChI=1S/C25H21N7OS/c26-21-22(30-25-29-18-13-7-8-14-19(18)34-25)27-15-28-23(21)31-32-24(33)20(16-9-3-1-4-10-16)17-11-5-2-6-12-17/h1-15,20H,26H2,(H,32,33)(H2,27,28,29,30,31). The van der Waals surface area contributed by atoms with Gasteiger partial charge >= 0.3 is 0 Å². The first kappa shape index (κ1) is 21.4. The van der Waals surface area contributed by atoms with Crippen molar-refractivity contribution in [1.29, 1.82) is 0 Å². The number of fused-ring (bicyclic) bond motifs is 1. The topological polar surface area (TPSA) is 118 Å². The van der Waals surface area contributed by atoms with Gasteiger partial charge in [-0.15, -0.1) is 0 Å². The van der Waals surface area contributed by atoms with Gasteiger partial charge in [-0.05, 0) is 23.3 Å². The number of hydrazine groups is 1. The lowest BCUT2D eigenvalue weighted by Crippen LogP contribution is -2.35. The van der Waals surface area contributed by atoms with Gasteiger partial charge in [0.05, 0.1) is 16.1 Å². The van der Waals surface area contributed by atoms with Gasteiger partial charge < -0.3 is 11.1 Å². The number of carbonyl (C=O) groups is 1. The molecular weight excluding hydrogens is 446 g/mol. The van der Waals surface area contributed by atoms with E-state index in [1.54, 1.807) is 0 Å². The van der Waals surface area contributed by atoms with E-state index in [1.165, 1.54) is 17.7 Å². The van der Waals surface area contributed by atoms with Gasteiger partial charge in [0.1, 0.15) is 12.0 Å². The lowest BCUT2D eigenvalue weighted by Gasteiger charge is -2.19.